The summed E-state index contributed by atoms with van der Waals surface area (Å²) in [4.78, 5) is 26.8. The fourth-order valence-corrected chi connectivity index (χ4v) is 4.19. The summed E-state index contributed by atoms with van der Waals surface area (Å²) in [5.41, 5.74) is 3.15. The molecule has 1 aromatic carbocycles. The van der Waals surface area contributed by atoms with Gasteiger partial charge in [-0.2, -0.15) is 0 Å². The molecule has 0 atom stereocenters. The van der Waals surface area contributed by atoms with Gasteiger partial charge in [0, 0.05) is 17.6 Å². The van der Waals surface area contributed by atoms with Crippen molar-refractivity contribution in [2.24, 2.45) is 5.92 Å². The summed E-state index contributed by atoms with van der Waals surface area (Å²) in [6, 6.07) is 6.47. The number of nitrogens with zero attached hydrogens (tertiary/aromatic N) is 1. The third-order valence-electron chi connectivity index (χ3n) is 5.53. The summed E-state index contributed by atoms with van der Waals surface area (Å²) in [5, 5.41) is 6.20. The molecule has 2 amide bonds. The molecule has 1 aliphatic carbocycles. The van der Waals surface area contributed by atoms with E-state index in [9.17, 15) is 9.59 Å². The van der Waals surface area contributed by atoms with Crippen molar-refractivity contribution in [1.29, 1.82) is 0 Å². The molecule has 2 fully saturated rings. The van der Waals surface area contributed by atoms with Crippen LogP contribution < -0.4 is 10.6 Å². The van der Waals surface area contributed by atoms with Crippen molar-refractivity contribution in [3.05, 3.63) is 29.3 Å². The smallest absolute Gasteiger partial charge is 0.238 e. The first-order valence-electron chi connectivity index (χ1n) is 9.90. The van der Waals surface area contributed by atoms with Crippen LogP contribution in [0.1, 0.15) is 49.7 Å². The number of carbonyl (C=O) groups excluding carboxylic acids is 2. The van der Waals surface area contributed by atoms with Gasteiger partial charge in [-0.25, -0.2) is 0 Å². The number of anilines is 1. The molecule has 26 heavy (non-hydrogen) atoms. The van der Waals surface area contributed by atoms with Crippen LogP contribution in [0.2, 0.25) is 0 Å². The van der Waals surface area contributed by atoms with Crippen molar-refractivity contribution in [2.75, 3.05) is 25.0 Å². The number of nitrogens with one attached hydrogen (secondary N) is 2. The second-order valence-corrected chi connectivity index (χ2v) is 7.96. The highest BCUT2D eigenvalue weighted by atomic mass is 16.2. The zero-order chi connectivity index (χ0) is 18.5. The van der Waals surface area contributed by atoms with Crippen molar-refractivity contribution in [3.63, 3.8) is 0 Å². The number of amides is 2. The van der Waals surface area contributed by atoms with Gasteiger partial charge in [0.05, 0.1) is 6.54 Å². The molecule has 0 bridgehead atoms. The molecule has 5 nitrogen and oxygen atoms in total. The van der Waals surface area contributed by atoms with Crippen LogP contribution in [0, 0.1) is 19.8 Å². The molecule has 1 heterocycles. The van der Waals surface area contributed by atoms with E-state index in [0.29, 0.717) is 12.6 Å². The molecule has 1 aliphatic heterocycles. The van der Waals surface area contributed by atoms with Gasteiger partial charge in [0.2, 0.25) is 11.8 Å². The molecule has 142 valence electrons. The van der Waals surface area contributed by atoms with Crippen molar-refractivity contribution in [2.45, 2.75) is 58.4 Å². The number of hydrogen-bond acceptors (Lipinski definition) is 3. The maximum Gasteiger partial charge on any atom is 0.238 e. The highest BCUT2D eigenvalue weighted by molar-refractivity contribution is 5.92. The van der Waals surface area contributed by atoms with Crippen LogP contribution in [-0.2, 0) is 9.59 Å². The van der Waals surface area contributed by atoms with Crippen LogP contribution >= 0.6 is 0 Å². The minimum atomic E-state index is 0.0175. The minimum absolute atomic E-state index is 0.0175. The number of carbonyl (C=O) groups is 2. The fourth-order valence-electron chi connectivity index (χ4n) is 4.19. The molecular weight excluding hydrogens is 326 g/mol. The van der Waals surface area contributed by atoms with E-state index in [1.807, 2.05) is 26.0 Å². The van der Waals surface area contributed by atoms with E-state index < -0.39 is 0 Å². The number of likely N-dealkylation sites (tertiary alicyclic amines) is 1. The summed E-state index contributed by atoms with van der Waals surface area (Å²) in [6.07, 6.45) is 6.41. The normalized spacial score (nSPS) is 19.5. The average Bonchev–Trinajstić information content (AvgIpc) is 3.07. The molecule has 2 N–H and O–H groups in total. The van der Waals surface area contributed by atoms with Crippen molar-refractivity contribution in [1.82, 2.24) is 10.2 Å². The van der Waals surface area contributed by atoms with E-state index in [1.54, 1.807) is 0 Å². The molecule has 5 heteroatoms. The second-order valence-electron chi connectivity index (χ2n) is 7.96. The van der Waals surface area contributed by atoms with E-state index in [-0.39, 0.29) is 17.7 Å². The lowest BCUT2D eigenvalue weighted by Crippen LogP contribution is -2.44. The molecule has 1 aromatic rings. The van der Waals surface area contributed by atoms with E-state index in [4.69, 9.17) is 0 Å². The maximum absolute atomic E-state index is 12.4. The third-order valence-corrected chi connectivity index (χ3v) is 5.53. The molecule has 0 spiro atoms. The summed E-state index contributed by atoms with van der Waals surface area (Å²) >= 11 is 0. The first-order chi connectivity index (χ1) is 12.5. The summed E-state index contributed by atoms with van der Waals surface area (Å²) in [5.74, 6) is 0.342. The predicted octanol–water partition coefficient (Wildman–Crippen LogP) is 3.01. The van der Waals surface area contributed by atoms with Gasteiger partial charge in [-0.15, -0.1) is 0 Å². The van der Waals surface area contributed by atoms with Gasteiger partial charge in [0.25, 0.3) is 0 Å². The third kappa shape index (κ3) is 5.31. The predicted molar refractivity (Wildman–Crippen MR) is 104 cm³/mol. The van der Waals surface area contributed by atoms with Crippen molar-refractivity contribution < 1.29 is 9.59 Å². The fraction of sp³-hybridized carbons (Fsp3) is 0.619. The topological polar surface area (TPSA) is 61.4 Å². The van der Waals surface area contributed by atoms with Crippen LogP contribution in [0.25, 0.3) is 0 Å². The zero-order valence-corrected chi connectivity index (χ0v) is 16.0. The Labute approximate surface area is 156 Å². The number of aryl methyl sites for hydroxylation is 2. The summed E-state index contributed by atoms with van der Waals surface area (Å²) in [7, 11) is 0. The Bertz CT molecular complexity index is 624. The van der Waals surface area contributed by atoms with Gasteiger partial charge in [-0.3, -0.25) is 14.5 Å². The van der Waals surface area contributed by atoms with Crippen LogP contribution in [0.15, 0.2) is 18.2 Å². The number of hydrogen-bond donors (Lipinski definition) is 2. The lowest BCUT2D eigenvalue weighted by molar-refractivity contribution is -0.127. The molecule has 1 saturated heterocycles. The largest absolute Gasteiger partial charge is 0.353 e. The van der Waals surface area contributed by atoms with Crippen LogP contribution in [0.3, 0.4) is 0 Å². The molecule has 0 aromatic heterocycles. The summed E-state index contributed by atoms with van der Waals surface area (Å²) in [6.45, 7) is 6.07. The molecule has 1 saturated carbocycles. The highest BCUT2D eigenvalue weighted by Gasteiger charge is 2.28. The maximum atomic E-state index is 12.4. The lowest BCUT2D eigenvalue weighted by Gasteiger charge is -2.31. The highest BCUT2D eigenvalue weighted by Crippen LogP contribution is 2.21. The SMILES string of the molecule is Cc1cc(C)cc(NC(=O)CN2CCC(C(=O)NC3CCCC3)CC2)c1. The molecule has 2 aliphatic rings. The Morgan fingerprint density at radius 3 is 2.23 bits per heavy atom. The standard InChI is InChI=1S/C21H31N3O2/c1-15-11-16(2)13-19(12-15)22-20(25)14-24-9-7-17(8-10-24)21(26)23-18-5-3-4-6-18/h11-13,17-18H,3-10,14H2,1-2H3,(H,22,25)(H,23,26). The Morgan fingerprint density at radius 2 is 1.62 bits per heavy atom. The van der Waals surface area contributed by atoms with Gasteiger partial charge in [-0.1, -0.05) is 18.9 Å². The summed E-state index contributed by atoms with van der Waals surface area (Å²) < 4.78 is 0. The first-order valence-corrected chi connectivity index (χ1v) is 9.90. The van der Waals surface area contributed by atoms with E-state index >= 15 is 0 Å². The van der Waals surface area contributed by atoms with Crippen molar-refractivity contribution in [3.8, 4) is 0 Å². The number of rotatable bonds is 5. The number of piperidine rings is 1. The number of benzene rings is 1. The van der Waals surface area contributed by atoms with E-state index in [2.05, 4.69) is 21.6 Å². The molecular formula is C21H31N3O2. The Kier molecular flexibility index (Phi) is 6.30. The quantitative estimate of drug-likeness (QED) is 0.851. The second kappa shape index (κ2) is 8.67. The van der Waals surface area contributed by atoms with Gasteiger partial charge >= 0.3 is 0 Å². The van der Waals surface area contributed by atoms with Crippen LogP contribution in [-0.4, -0.2) is 42.4 Å². The van der Waals surface area contributed by atoms with Crippen molar-refractivity contribution >= 4 is 17.5 Å². The Morgan fingerprint density at radius 1 is 1.00 bits per heavy atom. The molecule has 0 radical (unpaired) electrons. The van der Waals surface area contributed by atoms with Crippen LogP contribution in [0.4, 0.5) is 5.69 Å². The molecule has 3 rings (SSSR count). The van der Waals surface area contributed by atoms with E-state index in [1.165, 1.54) is 12.8 Å². The van der Waals surface area contributed by atoms with Gasteiger partial charge in [0.15, 0.2) is 0 Å². The van der Waals surface area contributed by atoms with Gasteiger partial charge in [0.1, 0.15) is 0 Å². The van der Waals surface area contributed by atoms with E-state index in [0.717, 1.165) is 55.6 Å². The average molecular weight is 357 g/mol. The van der Waals surface area contributed by atoms with Gasteiger partial charge in [-0.05, 0) is 75.9 Å². The monoisotopic (exact) mass is 357 g/mol. The van der Waals surface area contributed by atoms with Crippen LogP contribution in [0.5, 0.6) is 0 Å². The minimum Gasteiger partial charge on any atom is -0.353 e. The lowest BCUT2D eigenvalue weighted by atomic mass is 9.95. The molecule has 0 unspecified atom stereocenters. The Hall–Kier alpha value is -1.88. The van der Waals surface area contributed by atoms with Gasteiger partial charge < -0.3 is 10.6 Å². The first kappa shape index (κ1) is 18.9. The zero-order valence-electron chi connectivity index (χ0n) is 16.0. The Balaban J connectivity index is 1.41.